The molecule has 158 valence electrons. The molecule has 0 heterocycles. The fraction of sp³-hybridized carbons (Fsp3) is 0.900. The second-order valence-electron chi connectivity index (χ2n) is 6.98. The maximum Gasteiger partial charge on any atom is 0.469 e. The summed E-state index contributed by atoms with van der Waals surface area (Å²) in [5.74, 6) is 0. The molecule has 0 spiro atoms. The summed E-state index contributed by atoms with van der Waals surface area (Å²) < 4.78 is 14.9. The van der Waals surface area contributed by atoms with Gasteiger partial charge in [-0.15, -0.1) is 0 Å². The molecule has 26 heavy (non-hydrogen) atoms. The first-order valence-electron chi connectivity index (χ1n) is 10.4. The molecule has 0 fully saturated rings. The number of allylic oxidation sites excluding steroid dienone is 2. The van der Waals surface area contributed by atoms with Gasteiger partial charge in [-0.3, -0.25) is 4.52 Å². The van der Waals surface area contributed by atoms with Crippen molar-refractivity contribution in [2.75, 3.05) is 6.61 Å². The molecular formula is C20H43O5P. The van der Waals surface area contributed by atoms with E-state index in [2.05, 4.69) is 23.6 Å². The Labute approximate surface area is 161 Å². The highest BCUT2D eigenvalue weighted by atomic mass is 31.2. The fourth-order valence-electron chi connectivity index (χ4n) is 3.01. The van der Waals surface area contributed by atoms with Gasteiger partial charge in [0.1, 0.15) is 0 Å². The molecule has 0 aliphatic heterocycles. The minimum atomic E-state index is -4.26. The molecule has 0 unspecified atom stereocenters. The molecule has 0 aliphatic carbocycles. The lowest BCUT2D eigenvalue weighted by Crippen LogP contribution is -1.92. The largest absolute Gasteiger partial charge is 0.469 e. The van der Waals surface area contributed by atoms with E-state index in [9.17, 15) is 4.57 Å². The van der Waals surface area contributed by atoms with Crippen LogP contribution in [0.25, 0.3) is 0 Å². The molecular weight excluding hydrogens is 351 g/mol. The molecule has 6 heteroatoms. The van der Waals surface area contributed by atoms with Crippen LogP contribution in [0.15, 0.2) is 12.2 Å². The van der Waals surface area contributed by atoms with Crippen LogP contribution in [0, 0.1) is 0 Å². The molecule has 0 bridgehead atoms. The fourth-order valence-corrected chi connectivity index (χ4v) is 3.38. The highest BCUT2D eigenvalue weighted by Crippen LogP contribution is 2.35. The van der Waals surface area contributed by atoms with Gasteiger partial charge in [0.05, 0.1) is 6.61 Å². The number of phosphoric acid groups is 1. The number of hydrogen-bond acceptors (Lipinski definition) is 2. The van der Waals surface area contributed by atoms with E-state index in [1.54, 1.807) is 0 Å². The summed E-state index contributed by atoms with van der Waals surface area (Å²) in [6.07, 6.45) is 24.8. The van der Waals surface area contributed by atoms with Crippen LogP contribution in [0.2, 0.25) is 0 Å². The van der Waals surface area contributed by atoms with E-state index in [4.69, 9.17) is 9.79 Å². The Morgan fingerprint density at radius 1 is 0.692 bits per heavy atom. The molecule has 0 radical (unpaired) electrons. The minimum Gasteiger partial charge on any atom is -0.412 e. The highest BCUT2D eigenvalue weighted by Gasteiger charge is 2.12. The van der Waals surface area contributed by atoms with Crippen LogP contribution in [0.3, 0.4) is 0 Å². The van der Waals surface area contributed by atoms with Gasteiger partial charge < -0.3 is 15.3 Å². The zero-order valence-corrected chi connectivity index (χ0v) is 17.7. The van der Waals surface area contributed by atoms with Crippen LogP contribution < -0.4 is 0 Å². The van der Waals surface area contributed by atoms with Crippen molar-refractivity contribution in [1.29, 1.82) is 0 Å². The van der Waals surface area contributed by atoms with Gasteiger partial charge in [0.25, 0.3) is 0 Å². The number of hydrogen-bond donors (Lipinski definition) is 2. The van der Waals surface area contributed by atoms with Crippen molar-refractivity contribution >= 4 is 7.82 Å². The minimum absolute atomic E-state index is 0. The normalized spacial score (nSPS) is 11.8. The van der Waals surface area contributed by atoms with Crippen LogP contribution in [0.1, 0.15) is 110 Å². The zero-order valence-electron chi connectivity index (χ0n) is 16.8. The average Bonchev–Trinajstić information content (AvgIpc) is 2.56. The summed E-state index contributed by atoms with van der Waals surface area (Å²) in [5.41, 5.74) is 0. The molecule has 0 aliphatic rings. The van der Waals surface area contributed by atoms with Crippen molar-refractivity contribution in [3.8, 4) is 0 Å². The van der Waals surface area contributed by atoms with Gasteiger partial charge >= 0.3 is 7.82 Å². The van der Waals surface area contributed by atoms with Gasteiger partial charge in [0.2, 0.25) is 0 Å². The van der Waals surface area contributed by atoms with E-state index in [0.29, 0.717) is 0 Å². The Balaban J connectivity index is 0. The van der Waals surface area contributed by atoms with E-state index in [1.807, 2.05) is 0 Å². The van der Waals surface area contributed by atoms with Crippen molar-refractivity contribution in [3.63, 3.8) is 0 Å². The maximum atomic E-state index is 10.5. The first-order valence-corrected chi connectivity index (χ1v) is 11.9. The van der Waals surface area contributed by atoms with E-state index in [0.717, 1.165) is 19.3 Å². The molecule has 0 amide bonds. The van der Waals surface area contributed by atoms with Crippen LogP contribution in [-0.4, -0.2) is 21.9 Å². The monoisotopic (exact) mass is 394 g/mol. The average molecular weight is 395 g/mol. The Hall–Kier alpha value is -0.190. The number of rotatable bonds is 19. The second kappa shape index (κ2) is 21.1. The van der Waals surface area contributed by atoms with Gasteiger partial charge in [-0.25, -0.2) is 4.57 Å². The molecule has 0 saturated carbocycles. The van der Waals surface area contributed by atoms with Gasteiger partial charge in [-0.1, -0.05) is 95.6 Å². The number of unbranched alkanes of at least 4 members (excludes halogenated alkanes) is 15. The first-order chi connectivity index (χ1) is 12.1. The predicted octanol–water partition coefficient (Wildman–Crippen LogP) is 6.09. The van der Waals surface area contributed by atoms with Gasteiger partial charge in [0.15, 0.2) is 0 Å². The SMILES string of the molecule is CC=CCCCCCCCCCCCCCCCCCOP(=O)(O)O.O. The quantitative estimate of drug-likeness (QED) is 0.157. The van der Waals surface area contributed by atoms with Crippen molar-refractivity contribution in [2.45, 2.75) is 110 Å². The third-order valence-corrected chi connectivity index (χ3v) is 5.03. The topological polar surface area (TPSA) is 98.3 Å². The molecule has 5 nitrogen and oxygen atoms in total. The smallest absolute Gasteiger partial charge is 0.412 e. The van der Waals surface area contributed by atoms with E-state index in [1.165, 1.54) is 83.5 Å². The van der Waals surface area contributed by atoms with Crippen LogP contribution in [0.5, 0.6) is 0 Å². The summed E-state index contributed by atoms with van der Waals surface area (Å²) in [7, 11) is -4.26. The van der Waals surface area contributed by atoms with E-state index < -0.39 is 7.82 Å². The lowest BCUT2D eigenvalue weighted by Gasteiger charge is -2.05. The second-order valence-corrected chi connectivity index (χ2v) is 8.22. The van der Waals surface area contributed by atoms with E-state index in [-0.39, 0.29) is 12.1 Å². The van der Waals surface area contributed by atoms with Crippen molar-refractivity contribution in [1.82, 2.24) is 0 Å². The Morgan fingerprint density at radius 3 is 1.38 bits per heavy atom. The van der Waals surface area contributed by atoms with Gasteiger partial charge in [-0.2, -0.15) is 0 Å². The lowest BCUT2D eigenvalue weighted by atomic mass is 10.0. The van der Waals surface area contributed by atoms with Crippen molar-refractivity contribution < 1.29 is 24.4 Å². The van der Waals surface area contributed by atoms with Gasteiger partial charge in [0, 0.05) is 0 Å². The number of phosphoric ester groups is 1. The lowest BCUT2D eigenvalue weighted by molar-refractivity contribution is 0.193. The third kappa shape index (κ3) is 26.0. The van der Waals surface area contributed by atoms with E-state index >= 15 is 0 Å². The predicted molar refractivity (Wildman–Crippen MR) is 110 cm³/mol. The molecule has 4 N–H and O–H groups in total. The zero-order chi connectivity index (χ0) is 18.6. The van der Waals surface area contributed by atoms with Crippen LogP contribution in [0.4, 0.5) is 0 Å². The molecule has 0 aromatic carbocycles. The summed E-state index contributed by atoms with van der Waals surface area (Å²) >= 11 is 0. The summed E-state index contributed by atoms with van der Waals surface area (Å²) in [4.78, 5) is 17.1. The first kappa shape index (κ1) is 28.0. The van der Waals surface area contributed by atoms with Crippen molar-refractivity contribution in [3.05, 3.63) is 12.2 Å². The van der Waals surface area contributed by atoms with Crippen LogP contribution in [-0.2, 0) is 9.09 Å². The molecule has 0 aromatic rings. The highest BCUT2D eigenvalue weighted by molar-refractivity contribution is 7.46. The molecule has 0 atom stereocenters. The van der Waals surface area contributed by atoms with Crippen molar-refractivity contribution in [2.24, 2.45) is 0 Å². The van der Waals surface area contributed by atoms with Crippen LogP contribution >= 0.6 is 7.82 Å². The third-order valence-electron chi connectivity index (χ3n) is 4.51. The Bertz CT molecular complexity index is 341. The Kier molecular flexibility index (Phi) is 22.8. The molecule has 0 saturated heterocycles. The standard InChI is InChI=1S/C20H41O4P.H2O/c1-2-3-4-5-6-7-8-9-10-11-12-13-14-15-16-17-18-19-20-24-25(21,22)23;/h2-3H,4-20H2,1H3,(H2,21,22,23);1H2. The van der Waals surface area contributed by atoms with Gasteiger partial charge in [-0.05, 0) is 26.2 Å². The molecule has 0 rings (SSSR count). The summed E-state index contributed by atoms with van der Waals surface area (Å²) in [6.45, 7) is 2.26. The summed E-state index contributed by atoms with van der Waals surface area (Å²) in [5, 5.41) is 0. The molecule has 0 aromatic heterocycles. The summed E-state index contributed by atoms with van der Waals surface area (Å²) in [6, 6.07) is 0. The Morgan fingerprint density at radius 2 is 1.04 bits per heavy atom. The maximum absolute atomic E-state index is 10.5.